The number of nitrogens with one attached hydrogen (secondary N) is 1. The largest absolute Gasteiger partial charge is 0.494 e. The fourth-order valence-electron chi connectivity index (χ4n) is 4.30. The lowest BCUT2D eigenvalue weighted by molar-refractivity contribution is 0.102. The number of aromatic nitrogens is 1. The Kier molecular flexibility index (Phi) is 7.71. The fraction of sp³-hybridized carbons (Fsp3) is 0.321. The van der Waals surface area contributed by atoms with Gasteiger partial charge in [0.2, 0.25) is 0 Å². The molecule has 2 amide bonds. The van der Waals surface area contributed by atoms with E-state index >= 15 is 0 Å². The molecule has 192 valence electrons. The maximum atomic E-state index is 13.4. The van der Waals surface area contributed by atoms with Gasteiger partial charge in [-0.2, -0.15) is 0 Å². The molecule has 0 fully saturated rings. The van der Waals surface area contributed by atoms with Gasteiger partial charge in [0.1, 0.15) is 15.8 Å². The van der Waals surface area contributed by atoms with Gasteiger partial charge < -0.3 is 19.7 Å². The summed E-state index contributed by atoms with van der Waals surface area (Å²) >= 11 is 3.12. The van der Waals surface area contributed by atoms with Crippen LogP contribution >= 0.6 is 22.7 Å². The lowest BCUT2D eigenvalue weighted by atomic mass is 10.0. The van der Waals surface area contributed by atoms with E-state index in [1.165, 1.54) is 11.3 Å². The third-order valence-electron chi connectivity index (χ3n) is 6.18. The van der Waals surface area contributed by atoms with Crippen molar-refractivity contribution in [1.29, 1.82) is 0 Å². The second-order valence-corrected chi connectivity index (χ2v) is 10.9. The molecule has 0 saturated carbocycles. The van der Waals surface area contributed by atoms with Gasteiger partial charge in [0.15, 0.2) is 0 Å². The van der Waals surface area contributed by atoms with Crippen molar-refractivity contribution in [3.05, 3.63) is 64.5 Å². The first-order valence-corrected chi connectivity index (χ1v) is 14.2. The van der Waals surface area contributed by atoms with E-state index < -0.39 is 0 Å². The zero-order chi connectivity index (χ0) is 25.8. The van der Waals surface area contributed by atoms with Crippen molar-refractivity contribution < 1.29 is 19.1 Å². The number of ether oxygens (including phenoxy) is 2. The van der Waals surface area contributed by atoms with Gasteiger partial charge in [-0.3, -0.25) is 4.79 Å². The van der Waals surface area contributed by atoms with E-state index in [9.17, 15) is 9.59 Å². The summed E-state index contributed by atoms with van der Waals surface area (Å²) in [7, 11) is 0. The fourth-order valence-corrected chi connectivity index (χ4v) is 6.67. The van der Waals surface area contributed by atoms with Crippen LogP contribution in [-0.4, -0.2) is 41.6 Å². The lowest BCUT2D eigenvalue weighted by Crippen LogP contribution is -2.35. The maximum Gasteiger partial charge on any atom is 0.410 e. The highest BCUT2D eigenvalue weighted by Gasteiger charge is 2.30. The van der Waals surface area contributed by atoms with E-state index in [1.807, 2.05) is 30.3 Å². The highest BCUT2D eigenvalue weighted by atomic mass is 32.1. The summed E-state index contributed by atoms with van der Waals surface area (Å²) in [4.78, 5) is 33.4. The Hall–Kier alpha value is -3.43. The Morgan fingerprint density at radius 3 is 2.78 bits per heavy atom. The van der Waals surface area contributed by atoms with Crippen LogP contribution in [0.15, 0.2) is 48.5 Å². The molecule has 0 aliphatic carbocycles. The van der Waals surface area contributed by atoms with Gasteiger partial charge in [-0.1, -0.05) is 31.5 Å². The zero-order valence-corrected chi connectivity index (χ0v) is 22.5. The average molecular weight is 536 g/mol. The van der Waals surface area contributed by atoms with Crippen LogP contribution < -0.4 is 10.1 Å². The van der Waals surface area contributed by atoms with Gasteiger partial charge in [-0.05, 0) is 55.7 Å². The van der Waals surface area contributed by atoms with Crippen LogP contribution in [0.5, 0.6) is 5.75 Å². The Morgan fingerprint density at radius 1 is 1.11 bits per heavy atom. The first-order valence-electron chi connectivity index (χ1n) is 12.5. The molecule has 2 aromatic heterocycles. The molecule has 0 radical (unpaired) electrons. The van der Waals surface area contributed by atoms with E-state index in [4.69, 9.17) is 14.5 Å². The summed E-state index contributed by atoms with van der Waals surface area (Å²) in [6, 6.07) is 15.3. The standard InChI is InChI=1S/C28H29N3O4S2/c1-3-5-15-35-19-10-8-9-18(16-19)25(32)30-27-24(26-29-21-11-6-7-12-22(21)36-26)20-13-14-31(17-23(20)37-27)28(33)34-4-2/h6-12,16H,3-5,13-15,17H2,1-2H3,(H,30,32). The molecule has 4 aromatic rings. The number of fused-ring (bicyclic) bond motifs is 2. The molecule has 0 spiro atoms. The highest BCUT2D eigenvalue weighted by molar-refractivity contribution is 7.23. The Bertz CT molecular complexity index is 1400. The number of carbonyl (C=O) groups excluding carboxylic acids is 2. The van der Waals surface area contributed by atoms with Crippen LogP contribution in [0.1, 0.15) is 47.5 Å². The normalized spacial score (nSPS) is 12.9. The van der Waals surface area contributed by atoms with Crippen LogP contribution in [0.3, 0.4) is 0 Å². The number of amides is 2. The summed E-state index contributed by atoms with van der Waals surface area (Å²) in [6.07, 6.45) is 2.37. The Labute approximate surface area is 224 Å². The van der Waals surface area contributed by atoms with E-state index in [1.54, 1.807) is 35.3 Å². The minimum Gasteiger partial charge on any atom is -0.494 e. The number of para-hydroxylation sites is 1. The van der Waals surface area contributed by atoms with Gasteiger partial charge in [0, 0.05) is 22.5 Å². The number of nitrogens with zero attached hydrogens (tertiary/aromatic N) is 2. The van der Waals surface area contributed by atoms with Crippen LogP contribution in [0.2, 0.25) is 0 Å². The first-order chi connectivity index (χ1) is 18.1. The van der Waals surface area contributed by atoms with Gasteiger partial charge >= 0.3 is 6.09 Å². The quantitative estimate of drug-likeness (QED) is 0.246. The molecule has 7 nitrogen and oxygen atoms in total. The number of anilines is 1. The molecule has 0 atom stereocenters. The molecule has 1 aliphatic rings. The van der Waals surface area contributed by atoms with Gasteiger partial charge in [0.25, 0.3) is 5.91 Å². The van der Waals surface area contributed by atoms with Crippen LogP contribution in [-0.2, 0) is 17.7 Å². The summed E-state index contributed by atoms with van der Waals surface area (Å²) in [6.45, 7) is 5.90. The van der Waals surface area contributed by atoms with Crippen molar-refractivity contribution in [2.24, 2.45) is 0 Å². The molecule has 5 rings (SSSR count). The minimum absolute atomic E-state index is 0.204. The smallest absolute Gasteiger partial charge is 0.410 e. The number of thiophene rings is 1. The number of rotatable bonds is 8. The first kappa shape index (κ1) is 25.2. The van der Waals surface area contributed by atoms with E-state index in [0.29, 0.717) is 44.0 Å². The number of carbonyl (C=O) groups is 2. The second kappa shape index (κ2) is 11.3. The number of thiazole rings is 1. The molecule has 1 N–H and O–H groups in total. The monoisotopic (exact) mass is 535 g/mol. The van der Waals surface area contributed by atoms with Crippen molar-refractivity contribution >= 4 is 49.9 Å². The van der Waals surface area contributed by atoms with Crippen molar-refractivity contribution in [2.45, 2.75) is 39.7 Å². The maximum absolute atomic E-state index is 13.4. The molecule has 0 saturated heterocycles. The summed E-state index contributed by atoms with van der Waals surface area (Å²) < 4.78 is 12.1. The lowest BCUT2D eigenvalue weighted by Gasteiger charge is -2.26. The molecule has 0 unspecified atom stereocenters. The van der Waals surface area contributed by atoms with E-state index in [2.05, 4.69) is 18.3 Å². The topological polar surface area (TPSA) is 80.8 Å². The molecule has 3 heterocycles. The van der Waals surface area contributed by atoms with Gasteiger partial charge in [-0.25, -0.2) is 9.78 Å². The third kappa shape index (κ3) is 5.47. The van der Waals surface area contributed by atoms with Crippen LogP contribution in [0.4, 0.5) is 9.80 Å². The predicted octanol–water partition coefficient (Wildman–Crippen LogP) is 6.97. The van der Waals surface area contributed by atoms with Crippen LogP contribution in [0, 0.1) is 0 Å². The van der Waals surface area contributed by atoms with Gasteiger partial charge in [-0.15, -0.1) is 22.7 Å². The van der Waals surface area contributed by atoms with Gasteiger partial charge in [0.05, 0.1) is 30.0 Å². The number of benzene rings is 2. The van der Waals surface area contributed by atoms with E-state index in [0.717, 1.165) is 49.1 Å². The highest BCUT2D eigenvalue weighted by Crippen LogP contribution is 2.46. The molecule has 2 aromatic carbocycles. The second-order valence-electron chi connectivity index (χ2n) is 8.75. The molecular weight excluding hydrogens is 506 g/mol. The minimum atomic E-state index is -0.312. The third-order valence-corrected chi connectivity index (χ3v) is 8.37. The Balaban J connectivity index is 1.48. The number of unbranched alkanes of at least 4 members (excludes halogenated alkanes) is 1. The van der Waals surface area contributed by atoms with Crippen molar-refractivity contribution in [2.75, 3.05) is 25.1 Å². The molecule has 0 bridgehead atoms. The molecular formula is C28H29N3O4S2. The van der Waals surface area contributed by atoms with E-state index in [-0.39, 0.29) is 12.0 Å². The summed E-state index contributed by atoms with van der Waals surface area (Å²) in [5.74, 6) is 0.479. The van der Waals surface area contributed by atoms with Crippen molar-refractivity contribution in [3.8, 4) is 16.3 Å². The SMILES string of the molecule is CCCCOc1cccc(C(=O)Nc2sc3c(c2-c2nc4ccccc4s2)CCN(C(=O)OCC)C3)c1. The number of hydrogen-bond donors (Lipinski definition) is 1. The Morgan fingerprint density at radius 2 is 1.97 bits per heavy atom. The predicted molar refractivity (Wildman–Crippen MR) is 149 cm³/mol. The van der Waals surface area contributed by atoms with Crippen LogP contribution in [0.25, 0.3) is 20.8 Å². The number of hydrogen-bond acceptors (Lipinski definition) is 7. The summed E-state index contributed by atoms with van der Waals surface area (Å²) in [5.41, 5.74) is 3.55. The van der Waals surface area contributed by atoms with Crippen molar-refractivity contribution in [1.82, 2.24) is 9.88 Å². The molecule has 37 heavy (non-hydrogen) atoms. The molecule has 9 heteroatoms. The zero-order valence-electron chi connectivity index (χ0n) is 20.9. The molecule has 1 aliphatic heterocycles. The average Bonchev–Trinajstić information content (AvgIpc) is 3.49. The van der Waals surface area contributed by atoms with Crippen molar-refractivity contribution in [3.63, 3.8) is 0 Å². The summed E-state index contributed by atoms with van der Waals surface area (Å²) in [5, 5.41) is 4.76.